The van der Waals surface area contributed by atoms with Gasteiger partial charge in [-0.1, -0.05) is 23.2 Å². The lowest BCUT2D eigenvalue weighted by atomic mass is 10.1. The van der Waals surface area contributed by atoms with Gasteiger partial charge in [-0.05, 0) is 30.7 Å². The molecule has 2 aromatic rings. The Kier molecular flexibility index (Phi) is 4.35. The summed E-state index contributed by atoms with van der Waals surface area (Å²) < 4.78 is 0. The number of aliphatic hydroxyl groups is 1. The first-order valence-corrected chi connectivity index (χ1v) is 6.58. The van der Waals surface area contributed by atoms with Crippen LogP contribution >= 0.6 is 11.3 Å². The SMILES string of the molecule is Cc1cc(O)ccc1C(=O)Nc1ncc(C#CCO)s1. The fourth-order valence-corrected chi connectivity index (χ4v) is 2.27. The van der Waals surface area contributed by atoms with E-state index in [1.54, 1.807) is 13.0 Å². The van der Waals surface area contributed by atoms with E-state index in [0.29, 0.717) is 21.1 Å². The molecule has 2 rings (SSSR count). The van der Waals surface area contributed by atoms with E-state index in [0.717, 1.165) is 0 Å². The van der Waals surface area contributed by atoms with Crippen LogP contribution in [0, 0.1) is 18.8 Å². The van der Waals surface area contributed by atoms with Crippen LogP contribution in [-0.4, -0.2) is 27.7 Å². The number of hydrogen-bond donors (Lipinski definition) is 3. The molecule has 1 aromatic carbocycles. The number of rotatable bonds is 2. The van der Waals surface area contributed by atoms with Crippen molar-refractivity contribution < 1.29 is 15.0 Å². The fraction of sp³-hybridized carbons (Fsp3) is 0.143. The lowest BCUT2D eigenvalue weighted by Gasteiger charge is -2.05. The van der Waals surface area contributed by atoms with Crippen molar-refractivity contribution in [3.05, 3.63) is 40.4 Å². The van der Waals surface area contributed by atoms with Crippen molar-refractivity contribution in [1.29, 1.82) is 0 Å². The van der Waals surface area contributed by atoms with Gasteiger partial charge in [-0.3, -0.25) is 10.1 Å². The molecule has 6 heteroatoms. The van der Waals surface area contributed by atoms with Crippen molar-refractivity contribution in [2.24, 2.45) is 0 Å². The summed E-state index contributed by atoms with van der Waals surface area (Å²) in [7, 11) is 0. The smallest absolute Gasteiger partial charge is 0.257 e. The number of aliphatic hydroxyl groups excluding tert-OH is 1. The predicted octanol–water partition coefficient (Wildman–Crippen LogP) is 1.75. The number of carbonyl (C=O) groups excluding carboxylic acids is 1. The maximum Gasteiger partial charge on any atom is 0.257 e. The number of amides is 1. The number of anilines is 1. The van der Waals surface area contributed by atoms with Gasteiger partial charge in [-0.15, -0.1) is 0 Å². The quantitative estimate of drug-likeness (QED) is 0.735. The van der Waals surface area contributed by atoms with Gasteiger partial charge in [0.2, 0.25) is 0 Å². The summed E-state index contributed by atoms with van der Waals surface area (Å²) in [5.74, 6) is 5.06. The second-order valence-electron chi connectivity index (χ2n) is 3.94. The number of thiazole rings is 1. The predicted molar refractivity (Wildman–Crippen MR) is 76.9 cm³/mol. The monoisotopic (exact) mass is 288 g/mol. The molecule has 3 N–H and O–H groups in total. The van der Waals surface area contributed by atoms with Gasteiger partial charge in [0.15, 0.2) is 5.13 Å². The molecule has 0 aliphatic carbocycles. The summed E-state index contributed by atoms with van der Waals surface area (Å²) >= 11 is 1.23. The Bertz CT molecular complexity index is 698. The molecule has 0 aliphatic rings. The Balaban J connectivity index is 2.13. The second kappa shape index (κ2) is 6.19. The molecule has 0 unspecified atom stereocenters. The molecule has 1 amide bonds. The van der Waals surface area contributed by atoms with Gasteiger partial charge in [-0.2, -0.15) is 0 Å². The summed E-state index contributed by atoms with van der Waals surface area (Å²) in [5.41, 5.74) is 1.15. The number of aryl methyl sites for hydroxylation is 1. The molecule has 1 aromatic heterocycles. The number of hydrogen-bond acceptors (Lipinski definition) is 5. The van der Waals surface area contributed by atoms with E-state index in [-0.39, 0.29) is 18.3 Å². The average Bonchev–Trinajstić information content (AvgIpc) is 2.83. The van der Waals surface area contributed by atoms with Crippen LogP contribution < -0.4 is 5.32 Å². The van der Waals surface area contributed by atoms with Crippen LogP contribution in [0.5, 0.6) is 5.75 Å². The van der Waals surface area contributed by atoms with Crippen molar-refractivity contribution in [1.82, 2.24) is 4.98 Å². The summed E-state index contributed by atoms with van der Waals surface area (Å²) in [5, 5.41) is 21.0. The van der Waals surface area contributed by atoms with Gasteiger partial charge in [0.05, 0.1) is 11.1 Å². The molecule has 102 valence electrons. The van der Waals surface area contributed by atoms with Crippen LogP contribution in [0.15, 0.2) is 24.4 Å². The van der Waals surface area contributed by atoms with Crippen LogP contribution in [0.4, 0.5) is 5.13 Å². The van der Waals surface area contributed by atoms with Gasteiger partial charge in [0.25, 0.3) is 5.91 Å². The first-order chi connectivity index (χ1) is 9.60. The average molecular weight is 288 g/mol. The Morgan fingerprint density at radius 2 is 2.30 bits per heavy atom. The maximum atomic E-state index is 12.1. The van der Waals surface area contributed by atoms with Crippen molar-refractivity contribution in [3.63, 3.8) is 0 Å². The largest absolute Gasteiger partial charge is 0.508 e. The van der Waals surface area contributed by atoms with Gasteiger partial charge < -0.3 is 10.2 Å². The Labute approximate surface area is 119 Å². The van der Waals surface area contributed by atoms with Gasteiger partial charge >= 0.3 is 0 Å². The number of benzene rings is 1. The number of nitrogens with one attached hydrogen (secondary N) is 1. The first kappa shape index (κ1) is 14.1. The van der Waals surface area contributed by atoms with Crippen LogP contribution in [0.1, 0.15) is 20.8 Å². The molecule has 1 heterocycles. The van der Waals surface area contributed by atoms with E-state index >= 15 is 0 Å². The van der Waals surface area contributed by atoms with E-state index in [9.17, 15) is 9.90 Å². The summed E-state index contributed by atoms with van der Waals surface area (Å²) in [4.78, 5) is 16.8. The molecule has 0 saturated heterocycles. The van der Waals surface area contributed by atoms with Gasteiger partial charge in [-0.25, -0.2) is 4.98 Å². The van der Waals surface area contributed by atoms with E-state index in [1.807, 2.05) is 0 Å². The zero-order chi connectivity index (χ0) is 14.5. The van der Waals surface area contributed by atoms with Gasteiger partial charge in [0, 0.05) is 5.56 Å². The molecule has 0 atom stereocenters. The maximum absolute atomic E-state index is 12.1. The van der Waals surface area contributed by atoms with Crippen molar-refractivity contribution in [2.75, 3.05) is 11.9 Å². The molecular formula is C14H12N2O3S. The molecule has 0 radical (unpaired) electrons. The molecule has 5 nitrogen and oxygen atoms in total. The standard InChI is InChI=1S/C14H12N2O3S/c1-9-7-10(18)4-5-12(9)13(19)16-14-15-8-11(20-14)3-2-6-17/h4-5,7-8,17-18H,6H2,1H3,(H,15,16,19). The highest BCUT2D eigenvalue weighted by atomic mass is 32.1. The second-order valence-corrected chi connectivity index (χ2v) is 4.97. The zero-order valence-corrected chi connectivity index (χ0v) is 11.5. The lowest BCUT2D eigenvalue weighted by Crippen LogP contribution is -2.12. The zero-order valence-electron chi connectivity index (χ0n) is 10.7. The summed E-state index contributed by atoms with van der Waals surface area (Å²) in [6, 6.07) is 4.54. The Morgan fingerprint density at radius 1 is 1.50 bits per heavy atom. The Morgan fingerprint density at radius 3 is 3.00 bits per heavy atom. The van der Waals surface area contributed by atoms with Crippen molar-refractivity contribution in [2.45, 2.75) is 6.92 Å². The molecule has 0 fully saturated rings. The minimum Gasteiger partial charge on any atom is -0.508 e. The molecule has 20 heavy (non-hydrogen) atoms. The number of phenolic OH excluding ortho intramolecular Hbond substituents is 1. The van der Waals surface area contributed by atoms with Crippen LogP contribution in [-0.2, 0) is 0 Å². The van der Waals surface area contributed by atoms with Crippen LogP contribution in [0.25, 0.3) is 0 Å². The molecule has 0 saturated carbocycles. The number of phenols is 1. The van der Waals surface area contributed by atoms with Crippen molar-refractivity contribution in [3.8, 4) is 17.6 Å². The third-order valence-corrected chi connectivity index (χ3v) is 3.30. The van der Waals surface area contributed by atoms with E-state index < -0.39 is 0 Å². The highest BCUT2D eigenvalue weighted by molar-refractivity contribution is 7.16. The van der Waals surface area contributed by atoms with Crippen molar-refractivity contribution >= 4 is 22.4 Å². The molecule has 0 bridgehead atoms. The minimum absolute atomic E-state index is 0.120. The van der Waals surface area contributed by atoms with E-state index in [4.69, 9.17) is 5.11 Å². The fourth-order valence-electron chi connectivity index (χ4n) is 1.58. The number of aromatic hydroxyl groups is 1. The highest BCUT2D eigenvalue weighted by Gasteiger charge is 2.11. The summed E-state index contributed by atoms with van der Waals surface area (Å²) in [6.45, 7) is 1.53. The third kappa shape index (κ3) is 3.35. The number of carbonyl (C=O) groups is 1. The number of aromatic nitrogens is 1. The summed E-state index contributed by atoms with van der Waals surface area (Å²) in [6.07, 6.45) is 1.53. The molecule has 0 spiro atoms. The number of nitrogens with zero attached hydrogens (tertiary/aromatic N) is 1. The molecule has 0 aliphatic heterocycles. The minimum atomic E-state index is -0.293. The van der Waals surface area contributed by atoms with E-state index in [2.05, 4.69) is 22.1 Å². The first-order valence-electron chi connectivity index (χ1n) is 5.76. The molecular weight excluding hydrogens is 276 g/mol. The lowest BCUT2D eigenvalue weighted by molar-refractivity contribution is 0.102. The highest BCUT2D eigenvalue weighted by Crippen LogP contribution is 2.20. The normalized spacial score (nSPS) is 9.70. The topological polar surface area (TPSA) is 82.5 Å². The third-order valence-electron chi connectivity index (χ3n) is 2.47. The van der Waals surface area contributed by atoms with Gasteiger partial charge in [0.1, 0.15) is 12.4 Å². The van der Waals surface area contributed by atoms with Crippen LogP contribution in [0.3, 0.4) is 0 Å². The van der Waals surface area contributed by atoms with Crippen LogP contribution in [0.2, 0.25) is 0 Å². The van der Waals surface area contributed by atoms with E-state index in [1.165, 1.54) is 29.7 Å². The Hall–Kier alpha value is -2.36.